The predicted octanol–water partition coefficient (Wildman–Crippen LogP) is 1.63. The highest BCUT2D eigenvalue weighted by molar-refractivity contribution is 5.83. The maximum atomic E-state index is 11.5. The highest BCUT2D eigenvalue weighted by atomic mass is 16.5. The number of nitrogens with one attached hydrogen (secondary N) is 3. The number of amides is 2. The van der Waals surface area contributed by atoms with E-state index in [2.05, 4.69) is 21.7 Å². The van der Waals surface area contributed by atoms with Crippen molar-refractivity contribution < 1.29 is 14.3 Å². The molecule has 0 saturated heterocycles. The Balaban J connectivity index is 1.66. The Labute approximate surface area is 123 Å². The van der Waals surface area contributed by atoms with E-state index in [-0.39, 0.29) is 12.8 Å². The topological polar surface area (TPSA) is 75.4 Å². The molecule has 3 N–H and O–H groups in total. The molecule has 6 nitrogen and oxygen atoms in total. The van der Waals surface area contributed by atoms with E-state index < -0.39 is 0 Å². The third kappa shape index (κ3) is 4.77. The molecule has 0 fully saturated rings. The average Bonchev–Trinajstić information content (AvgIpc) is 2.91. The van der Waals surface area contributed by atoms with Crippen LogP contribution in [0.5, 0.6) is 0 Å². The van der Waals surface area contributed by atoms with Crippen molar-refractivity contribution in [3.05, 3.63) is 36.0 Å². The van der Waals surface area contributed by atoms with Crippen LogP contribution < -0.4 is 10.6 Å². The van der Waals surface area contributed by atoms with Crippen molar-refractivity contribution in [2.45, 2.75) is 6.42 Å². The number of para-hydroxylation sites is 1. The lowest BCUT2D eigenvalue weighted by Gasteiger charge is -2.08. The number of hydrogen-bond acceptors (Lipinski definition) is 3. The number of benzene rings is 1. The van der Waals surface area contributed by atoms with Gasteiger partial charge in [0.25, 0.3) is 0 Å². The normalized spacial score (nSPS) is 10.7. The largest absolute Gasteiger partial charge is 0.382 e. The Bertz CT molecular complexity index is 568. The predicted molar refractivity (Wildman–Crippen MR) is 81.2 cm³/mol. The quantitative estimate of drug-likeness (QED) is 0.511. The summed E-state index contributed by atoms with van der Waals surface area (Å²) in [5.74, 6) is 0. The molecule has 1 heterocycles. The lowest BCUT2D eigenvalue weighted by molar-refractivity contribution is 0.0643. The van der Waals surface area contributed by atoms with E-state index in [1.807, 2.05) is 24.4 Å². The van der Waals surface area contributed by atoms with Crippen LogP contribution in [-0.4, -0.2) is 44.6 Å². The summed E-state index contributed by atoms with van der Waals surface area (Å²) >= 11 is 0. The van der Waals surface area contributed by atoms with Crippen LogP contribution in [0.1, 0.15) is 5.56 Å². The van der Waals surface area contributed by atoms with Gasteiger partial charge in [-0.15, -0.1) is 0 Å². The first-order valence-electron chi connectivity index (χ1n) is 6.94. The molecule has 0 spiro atoms. The van der Waals surface area contributed by atoms with Crippen molar-refractivity contribution in [3.63, 3.8) is 0 Å². The van der Waals surface area contributed by atoms with E-state index in [4.69, 9.17) is 9.47 Å². The molecule has 114 valence electrons. The highest BCUT2D eigenvalue weighted by Crippen LogP contribution is 2.17. The number of H-pyrrole nitrogens is 1. The second kappa shape index (κ2) is 8.28. The summed E-state index contributed by atoms with van der Waals surface area (Å²) in [7, 11) is 1.61. The third-order valence-corrected chi connectivity index (χ3v) is 3.12. The number of aromatic amines is 1. The van der Waals surface area contributed by atoms with E-state index in [1.54, 1.807) is 7.11 Å². The van der Waals surface area contributed by atoms with Gasteiger partial charge in [0.15, 0.2) is 0 Å². The molecule has 0 bridgehead atoms. The first kappa shape index (κ1) is 15.3. The minimum atomic E-state index is -0.229. The Morgan fingerprint density at radius 2 is 2.10 bits per heavy atom. The monoisotopic (exact) mass is 291 g/mol. The van der Waals surface area contributed by atoms with Gasteiger partial charge in [0.05, 0.1) is 13.2 Å². The molecule has 0 aliphatic rings. The molecule has 0 unspecified atom stereocenters. The Morgan fingerprint density at radius 3 is 2.95 bits per heavy atom. The number of carbonyl (C=O) groups excluding carboxylic acids is 1. The number of hydrogen-bond donors (Lipinski definition) is 3. The fourth-order valence-electron chi connectivity index (χ4n) is 2.04. The third-order valence-electron chi connectivity index (χ3n) is 3.12. The Kier molecular flexibility index (Phi) is 6.05. The standard InChI is InChI=1S/C15H21N3O3/c1-20-8-9-21-11-18-15(19)16-7-6-12-10-17-14-5-3-2-4-13(12)14/h2-5,10,17H,6-9,11H2,1H3,(H2,16,18,19). The molecule has 1 aromatic heterocycles. The molecule has 2 aromatic rings. The van der Waals surface area contributed by atoms with Crippen LogP contribution >= 0.6 is 0 Å². The second-order valence-electron chi connectivity index (χ2n) is 4.59. The highest BCUT2D eigenvalue weighted by Gasteiger charge is 2.04. The molecule has 0 aliphatic heterocycles. The zero-order chi connectivity index (χ0) is 14.9. The van der Waals surface area contributed by atoms with Crippen molar-refractivity contribution in [3.8, 4) is 0 Å². The molecule has 2 rings (SSSR count). The summed E-state index contributed by atoms with van der Waals surface area (Å²) in [6.45, 7) is 1.74. The minimum absolute atomic E-state index is 0.183. The van der Waals surface area contributed by atoms with E-state index >= 15 is 0 Å². The summed E-state index contributed by atoms with van der Waals surface area (Å²) in [4.78, 5) is 14.7. The molecular weight excluding hydrogens is 270 g/mol. The molecule has 0 radical (unpaired) electrons. The zero-order valence-corrected chi connectivity index (χ0v) is 12.1. The zero-order valence-electron chi connectivity index (χ0n) is 12.1. The van der Waals surface area contributed by atoms with Crippen LogP contribution in [0.25, 0.3) is 10.9 Å². The van der Waals surface area contributed by atoms with Gasteiger partial charge in [-0.2, -0.15) is 0 Å². The van der Waals surface area contributed by atoms with Crippen LogP contribution in [0.4, 0.5) is 4.79 Å². The summed E-state index contributed by atoms with van der Waals surface area (Å²) < 4.78 is 9.99. The van der Waals surface area contributed by atoms with Gasteiger partial charge in [-0.25, -0.2) is 4.79 Å². The van der Waals surface area contributed by atoms with Gasteiger partial charge in [0.1, 0.15) is 6.73 Å². The molecule has 0 atom stereocenters. The van der Waals surface area contributed by atoms with Gasteiger partial charge in [-0.3, -0.25) is 0 Å². The number of aromatic nitrogens is 1. The molecule has 1 aromatic carbocycles. The molecule has 21 heavy (non-hydrogen) atoms. The number of ether oxygens (including phenoxy) is 2. The van der Waals surface area contributed by atoms with Gasteiger partial charge in [0, 0.05) is 30.8 Å². The van der Waals surface area contributed by atoms with Crippen molar-refractivity contribution in [2.75, 3.05) is 33.6 Å². The average molecular weight is 291 g/mol. The number of carbonyl (C=O) groups is 1. The summed E-state index contributed by atoms with van der Waals surface area (Å²) in [6, 6.07) is 7.89. The van der Waals surface area contributed by atoms with E-state index in [0.717, 1.165) is 11.9 Å². The first-order chi connectivity index (χ1) is 10.3. The number of methoxy groups -OCH3 is 1. The molecular formula is C15H21N3O3. The molecule has 6 heteroatoms. The van der Waals surface area contributed by atoms with E-state index in [9.17, 15) is 4.79 Å². The molecule has 0 saturated carbocycles. The van der Waals surface area contributed by atoms with Gasteiger partial charge < -0.3 is 25.1 Å². The van der Waals surface area contributed by atoms with Gasteiger partial charge in [-0.1, -0.05) is 18.2 Å². The van der Waals surface area contributed by atoms with Crippen LogP contribution in [0.15, 0.2) is 30.5 Å². The minimum Gasteiger partial charge on any atom is -0.382 e. The van der Waals surface area contributed by atoms with Crippen molar-refractivity contribution in [1.82, 2.24) is 15.6 Å². The second-order valence-corrected chi connectivity index (χ2v) is 4.59. The lowest BCUT2D eigenvalue weighted by atomic mass is 10.1. The first-order valence-corrected chi connectivity index (χ1v) is 6.94. The van der Waals surface area contributed by atoms with Gasteiger partial charge in [-0.05, 0) is 18.1 Å². The number of urea groups is 1. The van der Waals surface area contributed by atoms with Crippen LogP contribution in [-0.2, 0) is 15.9 Å². The van der Waals surface area contributed by atoms with Crippen molar-refractivity contribution in [2.24, 2.45) is 0 Å². The smallest absolute Gasteiger partial charge is 0.316 e. The maximum Gasteiger partial charge on any atom is 0.316 e. The maximum absolute atomic E-state index is 11.5. The Morgan fingerprint density at radius 1 is 1.24 bits per heavy atom. The van der Waals surface area contributed by atoms with Crippen molar-refractivity contribution in [1.29, 1.82) is 0 Å². The van der Waals surface area contributed by atoms with E-state index in [0.29, 0.717) is 19.8 Å². The molecule has 0 aliphatic carbocycles. The summed E-state index contributed by atoms with van der Waals surface area (Å²) in [5, 5.41) is 6.62. The van der Waals surface area contributed by atoms with Gasteiger partial charge >= 0.3 is 6.03 Å². The fourth-order valence-corrected chi connectivity index (χ4v) is 2.04. The van der Waals surface area contributed by atoms with Gasteiger partial charge in [0.2, 0.25) is 0 Å². The lowest BCUT2D eigenvalue weighted by Crippen LogP contribution is -2.38. The summed E-state index contributed by atoms with van der Waals surface area (Å²) in [6.07, 6.45) is 2.76. The van der Waals surface area contributed by atoms with Crippen LogP contribution in [0.3, 0.4) is 0 Å². The van der Waals surface area contributed by atoms with Crippen molar-refractivity contribution >= 4 is 16.9 Å². The number of rotatable bonds is 8. The van der Waals surface area contributed by atoms with E-state index in [1.165, 1.54) is 10.9 Å². The Hall–Kier alpha value is -2.05. The fraction of sp³-hybridized carbons (Fsp3) is 0.400. The number of fused-ring (bicyclic) bond motifs is 1. The van der Waals surface area contributed by atoms with Crippen LogP contribution in [0.2, 0.25) is 0 Å². The van der Waals surface area contributed by atoms with Crippen LogP contribution in [0, 0.1) is 0 Å². The summed E-state index contributed by atoms with van der Waals surface area (Å²) in [5.41, 5.74) is 2.31. The molecule has 2 amide bonds. The SMILES string of the molecule is COCCOCNC(=O)NCCc1c[nH]c2ccccc12.